The fourth-order valence-corrected chi connectivity index (χ4v) is 8.07. The van der Waals surface area contributed by atoms with E-state index in [1.807, 2.05) is 35.7 Å². The van der Waals surface area contributed by atoms with Crippen molar-refractivity contribution in [3.05, 3.63) is 106 Å². The quantitative estimate of drug-likeness (QED) is 0.292. The molecule has 4 heterocycles. The van der Waals surface area contributed by atoms with Gasteiger partial charge in [0.2, 0.25) is 0 Å². The minimum atomic E-state index is -3.84. The van der Waals surface area contributed by atoms with E-state index in [2.05, 4.69) is 9.97 Å². The van der Waals surface area contributed by atoms with Crippen molar-refractivity contribution >= 4 is 43.7 Å². The fraction of sp³-hybridized carbons (Fsp3) is 0.107. The molecule has 0 bridgehead atoms. The summed E-state index contributed by atoms with van der Waals surface area (Å²) in [5.41, 5.74) is 4.91. The summed E-state index contributed by atoms with van der Waals surface area (Å²) in [5, 5.41) is 14.9. The van der Waals surface area contributed by atoms with E-state index in [1.165, 1.54) is 15.3 Å². The lowest BCUT2D eigenvalue weighted by Crippen LogP contribution is -2.24. The Morgan fingerprint density at radius 3 is 2.71 bits per heavy atom. The Kier molecular flexibility index (Phi) is 5.34. The van der Waals surface area contributed by atoms with E-state index < -0.39 is 15.6 Å². The molecule has 1 aliphatic carbocycles. The maximum absolute atomic E-state index is 13.5. The van der Waals surface area contributed by atoms with Crippen molar-refractivity contribution in [3.8, 4) is 21.8 Å². The third-order valence-electron chi connectivity index (χ3n) is 6.95. The smallest absolute Gasteiger partial charge is 0.269 e. The molecule has 38 heavy (non-hydrogen) atoms. The monoisotopic (exact) mass is 556 g/mol. The zero-order valence-electron chi connectivity index (χ0n) is 19.9. The molecule has 0 aliphatic heterocycles. The number of hydrogen-bond donors (Lipinski definition) is 1. The van der Waals surface area contributed by atoms with Gasteiger partial charge in [-0.1, -0.05) is 36.4 Å². The Morgan fingerprint density at radius 2 is 1.84 bits per heavy atom. The molecule has 1 atom stereocenters. The maximum atomic E-state index is 13.5. The van der Waals surface area contributed by atoms with Crippen molar-refractivity contribution < 1.29 is 13.5 Å². The van der Waals surface area contributed by atoms with Gasteiger partial charge in [0.1, 0.15) is 10.6 Å². The summed E-state index contributed by atoms with van der Waals surface area (Å²) in [5.74, 6) is 0. The first-order chi connectivity index (χ1) is 18.4. The number of aryl methyl sites for hydroxylation is 1. The molecule has 1 N–H and O–H groups in total. The molecule has 0 saturated heterocycles. The van der Waals surface area contributed by atoms with Crippen molar-refractivity contribution in [1.29, 1.82) is 0 Å². The molecule has 7 rings (SSSR count). The summed E-state index contributed by atoms with van der Waals surface area (Å²) in [6.45, 7) is 0. The predicted octanol–water partition coefficient (Wildman–Crippen LogP) is 5.70. The molecule has 1 unspecified atom stereocenters. The minimum Gasteiger partial charge on any atom is -0.379 e. The Hall–Kier alpha value is -3.70. The fourth-order valence-electron chi connectivity index (χ4n) is 5.04. The first-order valence-electron chi connectivity index (χ1n) is 11.9. The average Bonchev–Trinajstić information content (AvgIpc) is 3.74. The van der Waals surface area contributed by atoms with E-state index in [9.17, 15) is 13.5 Å². The zero-order chi connectivity index (χ0) is 25.9. The molecule has 188 valence electrons. The van der Waals surface area contributed by atoms with Crippen LogP contribution in [0.15, 0.2) is 94.9 Å². The van der Waals surface area contributed by atoms with Crippen LogP contribution in [0.2, 0.25) is 0 Å². The van der Waals surface area contributed by atoms with Gasteiger partial charge in [-0.3, -0.25) is 0 Å². The van der Waals surface area contributed by atoms with Gasteiger partial charge in [-0.2, -0.15) is 0 Å². The van der Waals surface area contributed by atoms with Crippen LogP contribution in [-0.2, 0) is 22.0 Å². The van der Waals surface area contributed by atoms with Gasteiger partial charge < -0.3 is 5.11 Å². The molecule has 2 aromatic carbocycles. The number of benzene rings is 2. The Bertz CT molecular complexity index is 1930. The van der Waals surface area contributed by atoms with Crippen LogP contribution in [0, 0.1) is 0 Å². The number of nitrogens with zero attached hydrogens (tertiary/aromatic N) is 4. The minimum absolute atomic E-state index is 0.193. The van der Waals surface area contributed by atoms with Crippen LogP contribution in [-0.4, -0.2) is 32.4 Å². The van der Waals surface area contributed by atoms with E-state index >= 15 is 0 Å². The first-order valence-corrected chi connectivity index (χ1v) is 15.1. The number of hydrogen-bond acceptors (Lipinski definition) is 8. The number of fused-ring (bicyclic) bond motifs is 2. The number of rotatable bonds is 5. The van der Waals surface area contributed by atoms with Crippen LogP contribution in [0.4, 0.5) is 0 Å². The molecule has 0 fully saturated rings. The van der Waals surface area contributed by atoms with Crippen molar-refractivity contribution in [3.63, 3.8) is 0 Å². The van der Waals surface area contributed by atoms with Gasteiger partial charge >= 0.3 is 0 Å². The normalized spacial score (nSPS) is 17.2. The second-order valence-electron chi connectivity index (χ2n) is 9.13. The number of aromatic nitrogens is 4. The Balaban J connectivity index is 1.30. The van der Waals surface area contributed by atoms with E-state index in [4.69, 9.17) is 4.98 Å². The van der Waals surface area contributed by atoms with Gasteiger partial charge in [0.05, 0.1) is 21.8 Å². The third kappa shape index (κ3) is 3.56. The molecule has 10 heteroatoms. The molecule has 0 amide bonds. The van der Waals surface area contributed by atoms with Gasteiger partial charge in [-0.15, -0.1) is 22.7 Å². The topological polar surface area (TPSA) is 98.0 Å². The van der Waals surface area contributed by atoms with Crippen LogP contribution in [0.1, 0.15) is 22.6 Å². The van der Waals surface area contributed by atoms with E-state index in [-0.39, 0.29) is 4.90 Å². The third-order valence-corrected chi connectivity index (χ3v) is 10.4. The summed E-state index contributed by atoms with van der Waals surface area (Å²) in [4.78, 5) is 15.0. The first kappa shape index (κ1) is 23.4. The molecule has 0 spiro atoms. The van der Waals surface area contributed by atoms with Gasteiger partial charge in [-0.05, 0) is 48.7 Å². The summed E-state index contributed by atoms with van der Waals surface area (Å²) >= 11 is 3.02. The summed E-state index contributed by atoms with van der Waals surface area (Å²) in [7, 11) is -3.84. The summed E-state index contributed by atoms with van der Waals surface area (Å²) < 4.78 is 28.1. The molecule has 4 aromatic heterocycles. The van der Waals surface area contributed by atoms with Crippen LogP contribution in [0.25, 0.3) is 32.9 Å². The number of thiazole rings is 2. The van der Waals surface area contributed by atoms with Crippen molar-refractivity contribution in [2.75, 3.05) is 0 Å². The lowest BCUT2D eigenvalue weighted by Gasteiger charge is -2.23. The van der Waals surface area contributed by atoms with Gasteiger partial charge in [0.25, 0.3) is 10.0 Å². The zero-order valence-corrected chi connectivity index (χ0v) is 22.3. The van der Waals surface area contributed by atoms with Crippen LogP contribution < -0.4 is 0 Å². The highest BCUT2D eigenvalue weighted by Gasteiger charge is 2.41. The van der Waals surface area contributed by atoms with Crippen molar-refractivity contribution in [1.82, 2.24) is 18.9 Å². The van der Waals surface area contributed by atoms with Gasteiger partial charge in [0, 0.05) is 39.2 Å². The molecule has 0 radical (unpaired) electrons. The van der Waals surface area contributed by atoms with Crippen LogP contribution >= 0.6 is 22.7 Å². The van der Waals surface area contributed by atoms with Crippen LogP contribution in [0.3, 0.4) is 0 Å². The molecular weight excluding hydrogens is 537 g/mol. The Labute approximate surface area is 226 Å². The van der Waals surface area contributed by atoms with Crippen molar-refractivity contribution in [2.45, 2.75) is 23.3 Å². The highest BCUT2D eigenvalue weighted by atomic mass is 32.2. The van der Waals surface area contributed by atoms with Crippen LogP contribution in [0.5, 0.6) is 0 Å². The standard InChI is InChI=1S/C28H20N4O3S3/c33-28(12-11-24-25(28)30-17-37-24)19-7-4-6-18(14-19)23-16-36-27(31-23)22-15-32(26-21(22)10-5-13-29-26)38(34,35)20-8-2-1-3-9-20/h1-10,13-17,33H,11-12H2. The highest BCUT2D eigenvalue weighted by Crippen LogP contribution is 2.44. The second-order valence-corrected chi connectivity index (χ2v) is 12.7. The van der Waals surface area contributed by atoms with Gasteiger partial charge in [0.15, 0.2) is 5.65 Å². The Morgan fingerprint density at radius 1 is 0.974 bits per heavy atom. The van der Waals surface area contributed by atoms with E-state index in [0.29, 0.717) is 28.0 Å². The molecular formula is C28H20N4O3S3. The molecule has 6 aromatic rings. The molecule has 1 aliphatic rings. The second kappa shape index (κ2) is 8.67. The predicted molar refractivity (Wildman–Crippen MR) is 149 cm³/mol. The van der Waals surface area contributed by atoms with Crippen molar-refractivity contribution in [2.24, 2.45) is 0 Å². The lowest BCUT2D eigenvalue weighted by atomic mass is 9.90. The highest BCUT2D eigenvalue weighted by molar-refractivity contribution is 7.90. The summed E-state index contributed by atoms with van der Waals surface area (Å²) in [6.07, 6.45) is 4.61. The van der Waals surface area contributed by atoms with E-state index in [1.54, 1.807) is 65.6 Å². The SMILES string of the molecule is O=S(=O)(c1ccccc1)n1cc(-c2nc(-c3cccc(C4(O)CCc5scnc54)c3)cs2)c2cccnc21. The molecule has 7 nitrogen and oxygen atoms in total. The van der Waals surface area contributed by atoms with Gasteiger partial charge in [-0.25, -0.2) is 27.3 Å². The summed E-state index contributed by atoms with van der Waals surface area (Å²) in [6, 6.07) is 19.8. The number of pyridine rings is 1. The number of aliphatic hydroxyl groups is 1. The lowest BCUT2D eigenvalue weighted by molar-refractivity contribution is 0.0790. The average molecular weight is 557 g/mol. The molecule has 0 saturated carbocycles. The van der Waals surface area contributed by atoms with E-state index in [0.717, 1.165) is 33.8 Å². The maximum Gasteiger partial charge on any atom is 0.269 e. The largest absolute Gasteiger partial charge is 0.379 e.